The fourth-order valence-electron chi connectivity index (χ4n) is 0.930. The van der Waals surface area contributed by atoms with Crippen LogP contribution >= 0.6 is 11.6 Å². The van der Waals surface area contributed by atoms with Crippen LogP contribution in [0.1, 0.15) is 19.7 Å². The van der Waals surface area contributed by atoms with E-state index in [-0.39, 0.29) is 6.04 Å². The van der Waals surface area contributed by atoms with Gasteiger partial charge in [0.2, 0.25) is 0 Å². The van der Waals surface area contributed by atoms with Gasteiger partial charge in [0.1, 0.15) is 11.5 Å². The number of nitrogen functional groups attached to an aromatic ring is 1. The number of nitrogens with two attached hydrogens (primary N) is 1. The Labute approximate surface area is 82.5 Å². The SMILES string of the molecule is Cc1nc(Cl)c(N)c(NC(C)C)n1. The van der Waals surface area contributed by atoms with Crippen LogP contribution in [0.5, 0.6) is 0 Å². The number of aryl methyl sites for hydroxylation is 1. The standard InChI is InChI=1S/C8H13ClN4/c1-4(2)11-8-6(10)7(9)12-5(3)13-8/h4H,10H2,1-3H3,(H,11,12,13). The maximum absolute atomic E-state index is 5.79. The molecule has 72 valence electrons. The van der Waals surface area contributed by atoms with Crippen molar-refractivity contribution in [3.8, 4) is 0 Å². The molecule has 1 heterocycles. The molecular weight excluding hydrogens is 188 g/mol. The Hall–Kier alpha value is -1.03. The molecule has 5 heteroatoms. The second-order valence-corrected chi connectivity index (χ2v) is 3.48. The maximum atomic E-state index is 5.79. The Kier molecular flexibility index (Phi) is 2.93. The molecular formula is C8H13ClN4. The van der Waals surface area contributed by atoms with Crippen LogP contribution in [-0.2, 0) is 0 Å². The van der Waals surface area contributed by atoms with E-state index in [0.29, 0.717) is 22.5 Å². The normalized spacial score (nSPS) is 10.5. The van der Waals surface area contributed by atoms with Crippen LogP contribution in [-0.4, -0.2) is 16.0 Å². The lowest BCUT2D eigenvalue weighted by Crippen LogP contribution is -2.14. The molecule has 0 saturated heterocycles. The monoisotopic (exact) mass is 200 g/mol. The van der Waals surface area contributed by atoms with Gasteiger partial charge >= 0.3 is 0 Å². The Bertz CT molecular complexity index is 311. The first-order valence-electron chi connectivity index (χ1n) is 4.07. The van der Waals surface area contributed by atoms with E-state index in [4.69, 9.17) is 17.3 Å². The highest BCUT2D eigenvalue weighted by Crippen LogP contribution is 2.23. The van der Waals surface area contributed by atoms with Crippen LogP contribution in [0.3, 0.4) is 0 Å². The van der Waals surface area contributed by atoms with Crippen molar-refractivity contribution < 1.29 is 0 Å². The summed E-state index contributed by atoms with van der Waals surface area (Å²) < 4.78 is 0. The van der Waals surface area contributed by atoms with Crippen molar-refractivity contribution in [2.24, 2.45) is 0 Å². The van der Waals surface area contributed by atoms with Gasteiger partial charge in [-0.2, -0.15) is 0 Å². The zero-order valence-electron chi connectivity index (χ0n) is 7.93. The van der Waals surface area contributed by atoms with E-state index in [0.717, 1.165) is 0 Å². The first-order valence-corrected chi connectivity index (χ1v) is 4.44. The van der Waals surface area contributed by atoms with Gasteiger partial charge in [-0.3, -0.25) is 0 Å². The summed E-state index contributed by atoms with van der Waals surface area (Å²) in [5.41, 5.74) is 6.08. The second-order valence-electron chi connectivity index (χ2n) is 3.12. The molecule has 0 spiro atoms. The van der Waals surface area contributed by atoms with Crippen molar-refractivity contribution in [2.45, 2.75) is 26.8 Å². The van der Waals surface area contributed by atoms with Gasteiger partial charge in [-0.15, -0.1) is 0 Å². The molecule has 0 aliphatic heterocycles. The smallest absolute Gasteiger partial charge is 0.157 e. The first-order chi connectivity index (χ1) is 6.00. The minimum Gasteiger partial charge on any atom is -0.393 e. The van der Waals surface area contributed by atoms with Gasteiger partial charge in [0.25, 0.3) is 0 Å². The zero-order chi connectivity index (χ0) is 10.0. The number of rotatable bonds is 2. The van der Waals surface area contributed by atoms with Gasteiger partial charge < -0.3 is 11.1 Å². The van der Waals surface area contributed by atoms with Crippen LogP contribution in [0.2, 0.25) is 5.15 Å². The number of anilines is 2. The third kappa shape index (κ3) is 2.45. The molecule has 0 bridgehead atoms. The molecule has 4 nitrogen and oxygen atoms in total. The summed E-state index contributed by atoms with van der Waals surface area (Å²) in [6.45, 7) is 5.78. The highest BCUT2D eigenvalue weighted by Gasteiger charge is 2.08. The number of hydrogen-bond acceptors (Lipinski definition) is 4. The van der Waals surface area contributed by atoms with Crippen LogP contribution in [0.25, 0.3) is 0 Å². The molecule has 0 unspecified atom stereocenters. The minimum atomic E-state index is 0.271. The summed E-state index contributed by atoms with van der Waals surface area (Å²) in [4.78, 5) is 8.07. The van der Waals surface area contributed by atoms with Crippen molar-refractivity contribution in [1.29, 1.82) is 0 Å². The predicted octanol–water partition coefficient (Wildman–Crippen LogP) is 1.84. The average molecular weight is 201 g/mol. The van der Waals surface area contributed by atoms with Crippen LogP contribution in [0.4, 0.5) is 11.5 Å². The second kappa shape index (κ2) is 3.79. The number of halogens is 1. The fourth-order valence-corrected chi connectivity index (χ4v) is 1.14. The van der Waals surface area contributed by atoms with Crippen LogP contribution < -0.4 is 11.1 Å². The number of nitrogens with zero attached hydrogens (tertiary/aromatic N) is 2. The molecule has 0 radical (unpaired) electrons. The minimum absolute atomic E-state index is 0.271. The van der Waals surface area contributed by atoms with Crippen molar-refractivity contribution in [1.82, 2.24) is 9.97 Å². The van der Waals surface area contributed by atoms with E-state index < -0.39 is 0 Å². The van der Waals surface area contributed by atoms with Crippen LogP contribution in [0.15, 0.2) is 0 Å². The van der Waals surface area contributed by atoms with E-state index in [1.807, 2.05) is 13.8 Å². The maximum Gasteiger partial charge on any atom is 0.157 e. The number of hydrogen-bond donors (Lipinski definition) is 2. The summed E-state index contributed by atoms with van der Waals surface area (Å²) in [5, 5.41) is 3.40. The Morgan fingerprint density at radius 3 is 2.54 bits per heavy atom. The molecule has 13 heavy (non-hydrogen) atoms. The quantitative estimate of drug-likeness (QED) is 0.716. The van der Waals surface area contributed by atoms with Gasteiger partial charge in [0, 0.05) is 6.04 Å². The van der Waals surface area contributed by atoms with Gasteiger partial charge in [0.15, 0.2) is 11.0 Å². The molecule has 1 rings (SSSR count). The summed E-state index contributed by atoms with van der Waals surface area (Å²) >= 11 is 5.79. The van der Waals surface area contributed by atoms with Gasteiger partial charge in [0.05, 0.1) is 0 Å². The summed E-state index contributed by atoms with van der Waals surface area (Å²) in [6, 6.07) is 0.271. The lowest BCUT2D eigenvalue weighted by molar-refractivity contribution is 0.882. The Morgan fingerprint density at radius 2 is 2.00 bits per heavy atom. The lowest BCUT2D eigenvalue weighted by atomic mass is 10.3. The van der Waals surface area contributed by atoms with E-state index in [1.54, 1.807) is 6.92 Å². The fraction of sp³-hybridized carbons (Fsp3) is 0.500. The molecule has 1 aromatic heterocycles. The van der Waals surface area contributed by atoms with E-state index in [1.165, 1.54) is 0 Å². The Morgan fingerprint density at radius 1 is 1.38 bits per heavy atom. The summed E-state index contributed by atoms with van der Waals surface area (Å²) in [7, 11) is 0. The summed E-state index contributed by atoms with van der Waals surface area (Å²) in [6.07, 6.45) is 0. The molecule has 0 amide bonds. The lowest BCUT2D eigenvalue weighted by Gasteiger charge is -2.12. The Balaban J connectivity index is 3.05. The summed E-state index contributed by atoms with van der Waals surface area (Å²) in [5.74, 6) is 1.22. The molecule has 0 aromatic carbocycles. The van der Waals surface area contributed by atoms with Gasteiger partial charge in [-0.25, -0.2) is 9.97 Å². The zero-order valence-corrected chi connectivity index (χ0v) is 8.68. The molecule has 3 N–H and O–H groups in total. The van der Waals surface area contributed by atoms with E-state index >= 15 is 0 Å². The molecule has 0 fully saturated rings. The molecule has 1 aromatic rings. The topological polar surface area (TPSA) is 63.8 Å². The van der Waals surface area contributed by atoms with Crippen LogP contribution in [0, 0.1) is 6.92 Å². The predicted molar refractivity (Wildman–Crippen MR) is 55.0 cm³/mol. The number of nitrogens with one attached hydrogen (secondary N) is 1. The molecule has 0 atom stereocenters. The third-order valence-corrected chi connectivity index (χ3v) is 1.72. The average Bonchev–Trinajstić information content (AvgIpc) is 1.98. The van der Waals surface area contributed by atoms with Crippen molar-refractivity contribution >= 4 is 23.1 Å². The molecule has 0 aliphatic rings. The van der Waals surface area contributed by atoms with Crippen molar-refractivity contribution in [3.05, 3.63) is 11.0 Å². The third-order valence-electron chi connectivity index (χ3n) is 1.44. The highest BCUT2D eigenvalue weighted by molar-refractivity contribution is 6.32. The molecule has 0 saturated carbocycles. The molecule has 0 aliphatic carbocycles. The number of aromatic nitrogens is 2. The van der Waals surface area contributed by atoms with Gasteiger partial charge in [-0.1, -0.05) is 11.6 Å². The first kappa shape index (κ1) is 10.1. The van der Waals surface area contributed by atoms with Gasteiger partial charge in [-0.05, 0) is 20.8 Å². The van der Waals surface area contributed by atoms with Crippen molar-refractivity contribution in [2.75, 3.05) is 11.1 Å². The van der Waals surface area contributed by atoms with E-state index in [2.05, 4.69) is 15.3 Å². The van der Waals surface area contributed by atoms with Crippen molar-refractivity contribution in [3.63, 3.8) is 0 Å². The largest absolute Gasteiger partial charge is 0.393 e. The van der Waals surface area contributed by atoms with E-state index in [9.17, 15) is 0 Å². The highest BCUT2D eigenvalue weighted by atomic mass is 35.5.